The number of rotatable bonds is 4. The van der Waals surface area contributed by atoms with Crippen LogP contribution in [0.25, 0.3) is 0 Å². The Bertz CT molecular complexity index is 201. The minimum Gasteiger partial charge on any atom is -0.292 e. The number of aliphatic imine (C=N–C) groups is 1. The summed E-state index contributed by atoms with van der Waals surface area (Å²) in [7, 11) is 0. The highest BCUT2D eigenvalue weighted by molar-refractivity contribution is 7.11. The summed E-state index contributed by atoms with van der Waals surface area (Å²) < 4.78 is 0. The summed E-state index contributed by atoms with van der Waals surface area (Å²) in [4.78, 5) is 5.54. The van der Waals surface area contributed by atoms with E-state index in [-0.39, 0.29) is 0 Å². The van der Waals surface area contributed by atoms with Crippen LogP contribution in [0.5, 0.6) is 0 Å². The van der Waals surface area contributed by atoms with Crippen molar-refractivity contribution in [3.63, 3.8) is 0 Å². The molecule has 0 unspecified atom stereocenters. The molecule has 0 spiro atoms. The Kier molecular flexibility index (Phi) is 3.91. The van der Waals surface area contributed by atoms with Crippen LogP contribution in [0.4, 0.5) is 0 Å². The summed E-state index contributed by atoms with van der Waals surface area (Å²) in [6.45, 7) is 3.15. The molecule has 0 atom stereocenters. The summed E-state index contributed by atoms with van der Waals surface area (Å²) in [5.41, 5.74) is 0. The zero-order chi connectivity index (χ0) is 7.94. The van der Waals surface area contributed by atoms with E-state index < -0.39 is 0 Å². The summed E-state index contributed by atoms with van der Waals surface area (Å²) in [6, 6.07) is 4.13. The molecule has 0 radical (unpaired) electrons. The van der Waals surface area contributed by atoms with E-state index in [4.69, 9.17) is 0 Å². The summed E-state index contributed by atoms with van der Waals surface area (Å²) in [5, 5.41) is 2.07. The maximum Gasteiger partial charge on any atom is 0.0448 e. The quantitative estimate of drug-likeness (QED) is 0.483. The molecule has 1 heterocycles. The maximum atomic E-state index is 4.29. The molecule has 0 aliphatic rings. The molecule has 1 aromatic heterocycles. The van der Waals surface area contributed by atoms with Gasteiger partial charge in [0.2, 0.25) is 0 Å². The predicted molar refractivity (Wildman–Crippen MR) is 51.7 cm³/mol. The summed E-state index contributed by atoms with van der Waals surface area (Å²) in [5.74, 6) is 0. The Morgan fingerprint density at radius 2 is 2.55 bits per heavy atom. The Morgan fingerprint density at radius 3 is 3.18 bits per heavy atom. The third-order valence-electron chi connectivity index (χ3n) is 1.40. The van der Waals surface area contributed by atoms with Crippen LogP contribution in [0.1, 0.15) is 24.6 Å². The van der Waals surface area contributed by atoms with Gasteiger partial charge in [0.25, 0.3) is 0 Å². The molecule has 0 fully saturated rings. The van der Waals surface area contributed by atoms with Gasteiger partial charge in [0.1, 0.15) is 0 Å². The molecule has 0 bridgehead atoms. The molecular formula is C9H13NS. The van der Waals surface area contributed by atoms with Crippen LogP contribution in [-0.2, 0) is 0 Å². The topological polar surface area (TPSA) is 12.4 Å². The molecule has 60 valence electrons. The van der Waals surface area contributed by atoms with Crippen molar-refractivity contribution in [2.45, 2.75) is 19.8 Å². The first kappa shape index (κ1) is 8.47. The Hall–Kier alpha value is -0.630. The van der Waals surface area contributed by atoms with Gasteiger partial charge >= 0.3 is 0 Å². The largest absolute Gasteiger partial charge is 0.292 e. The predicted octanol–water partition coefficient (Wildman–Crippen LogP) is 2.97. The average Bonchev–Trinajstić information content (AvgIpc) is 2.50. The number of hydrogen-bond acceptors (Lipinski definition) is 2. The van der Waals surface area contributed by atoms with Crippen molar-refractivity contribution in [3.05, 3.63) is 22.4 Å². The lowest BCUT2D eigenvalue weighted by Crippen LogP contribution is -1.80. The van der Waals surface area contributed by atoms with Crippen molar-refractivity contribution in [2.75, 3.05) is 6.54 Å². The van der Waals surface area contributed by atoms with Crippen LogP contribution >= 0.6 is 11.3 Å². The van der Waals surface area contributed by atoms with Gasteiger partial charge in [-0.2, -0.15) is 0 Å². The fourth-order valence-electron chi connectivity index (χ4n) is 0.769. The number of thiophene rings is 1. The fraction of sp³-hybridized carbons (Fsp3) is 0.444. The van der Waals surface area contributed by atoms with Crippen LogP contribution < -0.4 is 0 Å². The Labute approximate surface area is 71.8 Å². The summed E-state index contributed by atoms with van der Waals surface area (Å²) >= 11 is 1.73. The first-order chi connectivity index (χ1) is 5.43. The highest BCUT2D eigenvalue weighted by atomic mass is 32.1. The normalized spacial score (nSPS) is 11.0. The van der Waals surface area contributed by atoms with Gasteiger partial charge in [0, 0.05) is 17.6 Å². The van der Waals surface area contributed by atoms with E-state index in [1.54, 1.807) is 11.3 Å². The first-order valence-electron chi connectivity index (χ1n) is 3.97. The number of hydrogen-bond donors (Lipinski definition) is 0. The highest BCUT2D eigenvalue weighted by Gasteiger charge is 1.84. The van der Waals surface area contributed by atoms with Crippen LogP contribution in [0, 0.1) is 0 Å². The molecule has 0 aliphatic carbocycles. The summed E-state index contributed by atoms with van der Waals surface area (Å²) in [6.07, 6.45) is 4.38. The maximum absolute atomic E-state index is 4.29. The third-order valence-corrected chi connectivity index (χ3v) is 2.21. The second kappa shape index (κ2) is 5.08. The molecule has 2 heteroatoms. The van der Waals surface area contributed by atoms with Crippen molar-refractivity contribution >= 4 is 17.6 Å². The van der Waals surface area contributed by atoms with Crippen LogP contribution in [0.3, 0.4) is 0 Å². The molecule has 0 N–H and O–H groups in total. The lowest BCUT2D eigenvalue weighted by Gasteiger charge is -1.87. The van der Waals surface area contributed by atoms with E-state index in [1.807, 2.05) is 12.3 Å². The van der Waals surface area contributed by atoms with E-state index in [1.165, 1.54) is 17.7 Å². The fourth-order valence-corrected chi connectivity index (χ4v) is 1.38. The van der Waals surface area contributed by atoms with Gasteiger partial charge in [-0.25, -0.2) is 0 Å². The van der Waals surface area contributed by atoms with E-state index in [2.05, 4.69) is 23.4 Å². The number of unbranched alkanes of at least 4 members (excludes halogenated alkanes) is 1. The van der Waals surface area contributed by atoms with Crippen molar-refractivity contribution in [3.8, 4) is 0 Å². The van der Waals surface area contributed by atoms with Gasteiger partial charge in [0.05, 0.1) is 0 Å². The van der Waals surface area contributed by atoms with Crippen LogP contribution in [-0.4, -0.2) is 12.8 Å². The average molecular weight is 167 g/mol. The second-order valence-corrected chi connectivity index (χ2v) is 3.38. The molecule has 1 aromatic rings. The first-order valence-corrected chi connectivity index (χ1v) is 4.85. The third kappa shape index (κ3) is 3.33. The van der Waals surface area contributed by atoms with Gasteiger partial charge in [0.15, 0.2) is 0 Å². The zero-order valence-corrected chi connectivity index (χ0v) is 7.60. The van der Waals surface area contributed by atoms with Crippen molar-refractivity contribution < 1.29 is 0 Å². The molecule has 0 aliphatic heterocycles. The molecule has 0 saturated heterocycles. The van der Waals surface area contributed by atoms with Gasteiger partial charge in [-0.1, -0.05) is 19.4 Å². The van der Waals surface area contributed by atoms with Crippen molar-refractivity contribution in [1.82, 2.24) is 0 Å². The minimum absolute atomic E-state index is 0.967. The standard InChI is InChI=1S/C9H13NS/c1-2-3-6-10-8-9-5-4-7-11-9/h4-5,7-8H,2-3,6H2,1H3. The van der Waals surface area contributed by atoms with E-state index >= 15 is 0 Å². The minimum atomic E-state index is 0.967. The molecule has 1 nitrogen and oxygen atoms in total. The molecular weight excluding hydrogens is 154 g/mol. The zero-order valence-electron chi connectivity index (χ0n) is 6.79. The van der Waals surface area contributed by atoms with E-state index in [9.17, 15) is 0 Å². The Balaban J connectivity index is 2.25. The lowest BCUT2D eigenvalue weighted by molar-refractivity contribution is 0.810. The molecule has 0 saturated carbocycles. The SMILES string of the molecule is CCCCN=Cc1cccs1. The second-order valence-electron chi connectivity index (χ2n) is 2.40. The highest BCUT2D eigenvalue weighted by Crippen LogP contribution is 2.04. The van der Waals surface area contributed by atoms with Gasteiger partial charge in [-0.3, -0.25) is 4.99 Å². The van der Waals surface area contributed by atoms with E-state index in [0.717, 1.165) is 6.54 Å². The van der Waals surface area contributed by atoms with Crippen LogP contribution in [0.2, 0.25) is 0 Å². The van der Waals surface area contributed by atoms with Crippen LogP contribution in [0.15, 0.2) is 22.5 Å². The molecule has 11 heavy (non-hydrogen) atoms. The van der Waals surface area contributed by atoms with E-state index in [0.29, 0.717) is 0 Å². The van der Waals surface area contributed by atoms with Gasteiger partial charge in [-0.05, 0) is 17.9 Å². The molecule has 0 aromatic carbocycles. The van der Waals surface area contributed by atoms with Gasteiger partial charge in [-0.15, -0.1) is 11.3 Å². The molecule has 0 amide bonds. The Morgan fingerprint density at radius 1 is 1.64 bits per heavy atom. The molecule has 1 rings (SSSR count). The number of nitrogens with zero attached hydrogens (tertiary/aromatic N) is 1. The van der Waals surface area contributed by atoms with Crippen molar-refractivity contribution in [2.24, 2.45) is 4.99 Å². The van der Waals surface area contributed by atoms with Gasteiger partial charge < -0.3 is 0 Å². The van der Waals surface area contributed by atoms with Crippen molar-refractivity contribution in [1.29, 1.82) is 0 Å². The lowest BCUT2D eigenvalue weighted by atomic mass is 10.3. The smallest absolute Gasteiger partial charge is 0.0448 e. The monoisotopic (exact) mass is 167 g/mol.